The zero-order valence-electron chi connectivity index (χ0n) is 23.3. The molecule has 37 heavy (non-hydrogen) atoms. The van der Waals surface area contributed by atoms with E-state index in [1.807, 2.05) is 24.3 Å². The van der Waals surface area contributed by atoms with Crippen molar-refractivity contribution in [2.75, 3.05) is 0 Å². The van der Waals surface area contributed by atoms with E-state index in [-0.39, 0.29) is 49.1 Å². The molecule has 2 saturated carbocycles. The van der Waals surface area contributed by atoms with E-state index < -0.39 is 0 Å². The minimum atomic E-state index is -0.357. The van der Waals surface area contributed by atoms with Crippen LogP contribution in [0.5, 0.6) is 0 Å². The van der Waals surface area contributed by atoms with E-state index in [0.717, 1.165) is 29.6 Å². The maximum absolute atomic E-state index is 10.7. The first-order valence-electron chi connectivity index (χ1n) is 13.7. The van der Waals surface area contributed by atoms with Crippen molar-refractivity contribution in [2.45, 2.75) is 91.8 Å². The molecule has 2 aliphatic rings. The second kappa shape index (κ2) is 12.1. The molecule has 0 bridgehead atoms. The van der Waals surface area contributed by atoms with Gasteiger partial charge < -0.3 is 10.2 Å². The topological polar surface area (TPSA) is 53.4 Å². The standard InChI is InChI=1S/C18H16N.C15H28O2.Ir/c1-13(2)15-9-6-10-18-16(15)11-12-17(19-18)14-7-4-3-5-8-14;1-14(2)8-5-6-10-7-9-15(3,4)13(17)11(10)12(14)16;/h3-7,9-13H,1-2H3;10-13,16-17H,5-9H2,1-4H3;/q-1;;. The molecule has 3 nitrogen and oxygen atoms in total. The van der Waals surface area contributed by atoms with Gasteiger partial charge >= 0.3 is 0 Å². The van der Waals surface area contributed by atoms with Crippen LogP contribution in [0.3, 0.4) is 0 Å². The van der Waals surface area contributed by atoms with Crippen LogP contribution in [0.1, 0.15) is 85.1 Å². The number of aliphatic hydroxyl groups excluding tert-OH is 2. The molecule has 4 atom stereocenters. The molecule has 0 amide bonds. The number of hydrogen-bond acceptors (Lipinski definition) is 3. The SMILES string of the molecule is CC(C)c1cccc2nc(-c3[c-]cccc3)ccc12.CC1(C)CCCC2CCC(C)(C)C(O)C2C1O.[Ir]. The second-order valence-electron chi connectivity index (χ2n) is 12.7. The van der Waals surface area contributed by atoms with Crippen LogP contribution in [0.2, 0.25) is 0 Å². The predicted octanol–water partition coefficient (Wildman–Crippen LogP) is 7.79. The molecule has 0 spiro atoms. The first kappa shape index (κ1) is 30.0. The summed E-state index contributed by atoms with van der Waals surface area (Å²) in [4.78, 5) is 4.76. The van der Waals surface area contributed by atoms with Crippen molar-refractivity contribution >= 4 is 10.9 Å². The van der Waals surface area contributed by atoms with Gasteiger partial charge in [-0.05, 0) is 65.7 Å². The van der Waals surface area contributed by atoms with Gasteiger partial charge in [0.25, 0.3) is 0 Å². The molecule has 4 unspecified atom stereocenters. The molecule has 0 saturated heterocycles. The van der Waals surface area contributed by atoms with Crippen LogP contribution in [-0.2, 0) is 20.1 Å². The summed E-state index contributed by atoms with van der Waals surface area (Å²) < 4.78 is 0. The van der Waals surface area contributed by atoms with E-state index in [2.05, 4.69) is 77.9 Å². The monoisotopic (exact) mass is 679 g/mol. The van der Waals surface area contributed by atoms with Crippen LogP contribution in [0.4, 0.5) is 0 Å². The van der Waals surface area contributed by atoms with E-state index in [4.69, 9.17) is 4.98 Å². The van der Waals surface area contributed by atoms with E-state index >= 15 is 0 Å². The molecule has 2 N–H and O–H groups in total. The number of fused-ring (bicyclic) bond motifs is 2. The molecule has 3 aromatic rings. The van der Waals surface area contributed by atoms with Gasteiger partial charge in [-0.2, -0.15) is 0 Å². The average molecular weight is 679 g/mol. The summed E-state index contributed by atoms with van der Waals surface area (Å²) in [6, 6.07) is 21.8. The van der Waals surface area contributed by atoms with Gasteiger partial charge in [0, 0.05) is 31.4 Å². The Bertz CT molecular complexity index is 1160. The maximum atomic E-state index is 10.7. The Morgan fingerprint density at radius 2 is 1.57 bits per heavy atom. The van der Waals surface area contributed by atoms with Crippen molar-refractivity contribution in [3.05, 3.63) is 66.2 Å². The second-order valence-corrected chi connectivity index (χ2v) is 12.7. The van der Waals surface area contributed by atoms with Crippen molar-refractivity contribution < 1.29 is 30.3 Å². The number of rotatable bonds is 2. The van der Waals surface area contributed by atoms with Crippen LogP contribution in [0.25, 0.3) is 22.2 Å². The Labute approximate surface area is 237 Å². The van der Waals surface area contributed by atoms with Crippen molar-refractivity contribution in [1.29, 1.82) is 0 Å². The third-order valence-electron chi connectivity index (χ3n) is 8.80. The van der Waals surface area contributed by atoms with Crippen LogP contribution >= 0.6 is 0 Å². The fourth-order valence-electron chi connectivity index (χ4n) is 6.32. The summed E-state index contributed by atoms with van der Waals surface area (Å²) in [5, 5.41) is 22.5. The van der Waals surface area contributed by atoms with Gasteiger partial charge in [-0.25, -0.2) is 0 Å². The zero-order valence-corrected chi connectivity index (χ0v) is 25.7. The number of aromatic nitrogens is 1. The summed E-state index contributed by atoms with van der Waals surface area (Å²) in [5.74, 6) is 1.12. The Balaban J connectivity index is 0.000000201. The smallest absolute Gasteiger partial charge is 0.0646 e. The van der Waals surface area contributed by atoms with Gasteiger partial charge in [-0.15, -0.1) is 35.9 Å². The summed E-state index contributed by atoms with van der Waals surface area (Å²) >= 11 is 0. The Morgan fingerprint density at radius 3 is 2.22 bits per heavy atom. The third kappa shape index (κ3) is 6.53. The Morgan fingerprint density at radius 1 is 0.865 bits per heavy atom. The molecule has 2 aliphatic carbocycles. The number of nitrogens with zero attached hydrogens (tertiary/aromatic N) is 1. The van der Waals surface area contributed by atoms with Crippen LogP contribution in [0.15, 0.2) is 54.6 Å². The van der Waals surface area contributed by atoms with Crippen molar-refractivity contribution in [3.8, 4) is 11.3 Å². The van der Waals surface area contributed by atoms with Crippen LogP contribution in [-0.4, -0.2) is 27.4 Å². The Hall–Kier alpha value is -1.58. The van der Waals surface area contributed by atoms with E-state index in [1.165, 1.54) is 30.2 Å². The molecule has 0 aliphatic heterocycles. The van der Waals surface area contributed by atoms with E-state index in [1.54, 1.807) is 0 Å². The van der Waals surface area contributed by atoms with E-state index in [9.17, 15) is 10.2 Å². The van der Waals surface area contributed by atoms with Crippen molar-refractivity contribution in [2.24, 2.45) is 22.7 Å². The molecular weight excluding hydrogens is 635 g/mol. The number of hydrogen-bond donors (Lipinski definition) is 2. The third-order valence-corrected chi connectivity index (χ3v) is 8.80. The molecule has 4 heteroatoms. The van der Waals surface area contributed by atoms with Crippen LogP contribution < -0.4 is 0 Å². The summed E-state index contributed by atoms with van der Waals surface area (Å²) in [5.41, 5.74) is 4.35. The number of benzene rings is 2. The van der Waals surface area contributed by atoms with Gasteiger partial charge in [0.05, 0.1) is 17.7 Å². The zero-order chi connectivity index (χ0) is 26.1. The molecule has 1 heterocycles. The maximum Gasteiger partial charge on any atom is 0.0646 e. The molecule has 2 fully saturated rings. The van der Waals surface area contributed by atoms with Gasteiger partial charge in [-0.1, -0.05) is 72.2 Å². The van der Waals surface area contributed by atoms with Crippen LogP contribution in [0, 0.1) is 28.7 Å². The molecule has 203 valence electrons. The predicted molar refractivity (Wildman–Crippen MR) is 150 cm³/mol. The minimum Gasteiger partial charge on any atom is -0.392 e. The first-order chi connectivity index (χ1) is 17.0. The number of aliphatic hydroxyl groups is 2. The van der Waals surface area contributed by atoms with Gasteiger partial charge in [0.15, 0.2) is 0 Å². The number of pyridine rings is 1. The van der Waals surface area contributed by atoms with Gasteiger partial charge in [-0.3, -0.25) is 4.98 Å². The van der Waals surface area contributed by atoms with Gasteiger partial charge in [0.1, 0.15) is 0 Å². The summed E-state index contributed by atoms with van der Waals surface area (Å²) in [6.45, 7) is 13.0. The average Bonchev–Trinajstić information content (AvgIpc) is 2.97. The fourth-order valence-corrected chi connectivity index (χ4v) is 6.32. The molecule has 5 rings (SSSR count). The minimum absolute atomic E-state index is 0. The normalized spacial score (nSPS) is 26.3. The first-order valence-corrected chi connectivity index (χ1v) is 13.7. The molecule has 1 aromatic heterocycles. The molecule has 2 aromatic carbocycles. The summed E-state index contributed by atoms with van der Waals surface area (Å²) in [7, 11) is 0. The summed E-state index contributed by atoms with van der Waals surface area (Å²) in [6.07, 6.45) is 4.99. The quantitative estimate of drug-likeness (QED) is 0.272. The van der Waals surface area contributed by atoms with Crippen molar-refractivity contribution in [1.82, 2.24) is 4.98 Å². The largest absolute Gasteiger partial charge is 0.392 e. The molecular formula is C33H44IrNO2-. The fraction of sp³-hybridized carbons (Fsp3) is 0.545. The van der Waals surface area contributed by atoms with Gasteiger partial charge in [0.2, 0.25) is 0 Å². The van der Waals surface area contributed by atoms with Crippen molar-refractivity contribution in [3.63, 3.8) is 0 Å². The van der Waals surface area contributed by atoms with E-state index in [0.29, 0.717) is 11.8 Å². The molecule has 1 radical (unpaired) electrons. The Kier molecular flexibility index (Phi) is 9.78.